The number of ether oxygens (including phenoxy) is 1. The molecular weight excluding hydrogens is 385 g/mol. The quantitative estimate of drug-likeness (QED) is 0.790. The minimum atomic E-state index is -0.240. The van der Waals surface area contributed by atoms with E-state index in [1.165, 1.54) is 19.1 Å². The number of amides is 2. The Morgan fingerprint density at radius 3 is 2.47 bits per heavy atom. The molecule has 1 aliphatic heterocycles. The molecule has 0 radical (unpaired) electrons. The van der Waals surface area contributed by atoms with Crippen LogP contribution in [0.5, 0.6) is 5.75 Å². The zero-order valence-corrected chi connectivity index (χ0v) is 17.6. The minimum Gasteiger partial charge on any atom is -0.482 e. The number of benzene rings is 2. The average Bonchev–Trinajstić information content (AvgIpc) is 2.71. The molecule has 1 N–H and O–H groups in total. The smallest absolute Gasteiger partial charge is 0.260 e. The summed E-state index contributed by atoms with van der Waals surface area (Å²) in [5.74, 6) is -0.0575. The van der Waals surface area contributed by atoms with Gasteiger partial charge in [0.05, 0.1) is 5.69 Å². The lowest BCUT2D eigenvalue weighted by atomic mass is 10.1. The number of nitrogens with one attached hydrogen (secondary N) is 1. The maximum atomic E-state index is 13.1. The van der Waals surface area contributed by atoms with Crippen LogP contribution in [0.1, 0.15) is 26.3 Å². The second-order valence-electron chi connectivity index (χ2n) is 7.77. The third kappa shape index (κ3) is 5.57. The van der Waals surface area contributed by atoms with Crippen molar-refractivity contribution in [1.82, 2.24) is 9.80 Å². The number of carbonyl (C=O) groups excluding carboxylic acids is 2. The Morgan fingerprint density at radius 1 is 1.07 bits per heavy atom. The second-order valence-corrected chi connectivity index (χ2v) is 7.77. The van der Waals surface area contributed by atoms with Crippen molar-refractivity contribution in [1.29, 1.82) is 0 Å². The van der Waals surface area contributed by atoms with Crippen LogP contribution in [0.3, 0.4) is 0 Å². The van der Waals surface area contributed by atoms with Crippen molar-refractivity contribution in [3.8, 4) is 5.75 Å². The molecule has 0 bridgehead atoms. The van der Waals surface area contributed by atoms with Gasteiger partial charge >= 0.3 is 0 Å². The van der Waals surface area contributed by atoms with Crippen LogP contribution in [-0.2, 0) is 16.1 Å². The van der Waals surface area contributed by atoms with E-state index >= 15 is 0 Å². The molecule has 0 saturated carbocycles. The maximum absolute atomic E-state index is 13.1. The first-order chi connectivity index (χ1) is 14.3. The maximum Gasteiger partial charge on any atom is 0.260 e. The van der Waals surface area contributed by atoms with Crippen molar-refractivity contribution in [3.63, 3.8) is 0 Å². The second kappa shape index (κ2) is 9.71. The molecule has 160 valence electrons. The Morgan fingerprint density at radius 2 is 1.77 bits per heavy atom. The van der Waals surface area contributed by atoms with Gasteiger partial charge in [-0.05, 0) is 43.7 Å². The molecule has 6 nitrogen and oxygen atoms in total. The van der Waals surface area contributed by atoms with Gasteiger partial charge in [-0.2, -0.15) is 0 Å². The molecule has 1 saturated heterocycles. The molecule has 0 aromatic heterocycles. The number of para-hydroxylation sites is 2. The molecule has 2 atom stereocenters. The molecule has 2 unspecified atom stereocenters. The Kier molecular flexibility index (Phi) is 7.05. The molecule has 1 aliphatic rings. The van der Waals surface area contributed by atoms with Gasteiger partial charge in [0, 0.05) is 38.6 Å². The van der Waals surface area contributed by atoms with E-state index in [2.05, 4.69) is 17.1 Å². The first kappa shape index (κ1) is 21.8. The predicted molar refractivity (Wildman–Crippen MR) is 114 cm³/mol. The number of carbonyl (C=O) groups is 2. The highest BCUT2D eigenvalue weighted by Crippen LogP contribution is 2.24. The van der Waals surface area contributed by atoms with Crippen LogP contribution < -0.4 is 10.1 Å². The molecule has 7 heteroatoms. The van der Waals surface area contributed by atoms with Gasteiger partial charge in [-0.3, -0.25) is 14.5 Å². The zero-order valence-electron chi connectivity index (χ0n) is 17.6. The van der Waals surface area contributed by atoms with E-state index in [0.29, 0.717) is 24.5 Å². The van der Waals surface area contributed by atoms with Crippen LogP contribution in [0, 0.1) is 5.82 Å². The van der Waals surface area contributed by atoms with Crippen LogP contribution in [0.2, 0.25) is 0 Å². The van der Waals surface area contributed by atoms with Crippen LogP contribution in [0.15, 0.2) is 48.5 Å². The van der Waals surface area contributed by atoms with Crippen LogP contribution >= 0.6 is 0 Å². The topological polar surface area (TPSA) is 61.9 Å². The van der Waals surface area contributed by atoms with E-state index in [9.17, 15) is 14.0 Å². The minimum absolute atomic E-state index is 0.0309. The Labute approximate surface area is 176 Å². The van der Waals surface area contributed by atoms with E-state index in [-0.39, 0.29) is 36.3 Å². The Balaban J connectivity index is 1.57. The number of rotatable bonds is 6. The van der Waals surface area contributed by atoms with Gasteiger partial charge in [-0.15, -0.1) is 0 Å². The monoisotopic (exact) mass is 413 g/mol. The van der Waals surface area contributed by atoms with Crippen molar-refractivity contribution < 1.29 is 18.7 Å². The summed E-state index contributed by atoms with van der Waals surface area (Å²) in [6.07, 6.45) is 0. The summed E-state index contributed by atoms with van der Waals surface area (Å²) in [6, 6.07) is 13.8. The zero-order chi connectivity index (χ0) is 21.7. The number of piperazine rings is 1. The highest BCUT2D eigenvalue weighted by Gasteiger charge is 2.32. The molecule has 2 amide bonds. The summed E-state index contributed by atoms with van der Waals surface area (Å²) in [7, 11) is 0. The molecule has 30 heavy (non-hydrogen) atoms. The first-order valence-electron chi connectivity index (χ1n) is 10.1. The Bertz CT molecular complexity index is 888. The van der Waals surface area contributed by atoms with E-state index in [1.807, 2.05) is 11.8 Å². The number of nitrogens with zero attached hydrogens (tertiary/aromatic N) is 2. The van der Waals surface area contributed by atoms with Gasteiger partial charge < -0.3 is 15.0 Å². The summed E-state index contributed by atoms with van der Waals surface area (Å²) in [5.41, 5.74) is 1.59. The van der Waals surface area contributed by atoms with Crippen molar-refractivity contribution >= 4 is 17.5 Å². The van der Waals surface area contributed by atoms with Crippen LogP contribution in [0.25, 0.3) is 0 Å². The van der Waals surface area contributed by atoms with Gasteiger partial charge in [-0.25, -0.2) is 4.39 Å². The lowest BCUT2D eigenvalue weighted by Gasteiger charge is -2.44. The first-order valence-corrected chi connectivity index (χ1v) is 10.1. The van der Waals surface area contributed by atoms with Crippen LogP contribution in [0.4, 0.5) is 10.1 Å². The molecule has 2 aromatic rings. The Hall–Kier alpha value is -2.93. The molecule has 0 spiro atoms. The largest absolute Gasteiger partial charge is 0.482 e. The van der Waals surface area contributed by atoms with E-state index in [4.69, 9.17) is 4.74 Å². The third-order valence-electron chi connectivity index (χ3n) is 5.28. The summed E-state index contributed by atoms with van der Waals surface area (Å²) in [5, 5.41) is 2.71. The molecule has 1 fully saturated rings. The molecule has 3 rings (SSSR count). The predicted octanol–water partition coefficient (Wildman–Crippen LogP) is 3.28. The summed E-state index contributed by atoms with van der Waals surface area (Å²) < 4.78 is 18.9. The van der Waals surface area contributed by atoms with Gasteiger partial charge in [-0.1, -0.05) is 24.3 Å². The van der Waals surface area contributed by atoms with E-state index < -0.39 is 0 Å². The molecule has 1 heterocycles. The van der Waals surface area contributed by atoms with Crippen LogP contribution in [-0.4, -0.2) is 53.4 Å². The van der Waals surface area contributed by atoms with Gasteiger partial charge in [0.25, 0.3) is 5.91 Å². The molecular formula is C23H28FN3O3. The fraction of sp³-hybridized carbons (Fsp3) is 0.391. The van der Waals surface area contributed by atoms with Gasteiger partial charge in [0.15, 0.2) is 6.61 Å². The SMILES string of the molecule is CC(=O)Nc1ccccc1OCC(=O)N1CC(C)N(Cc2ccc(F)cc2)CC1C. The van der Waals surface area contributed by atoms with Crippen molar-refractivity contribution in [2.24, 2.45) is 0 Å². The third-order valence-corrected chi connectivity index (χ3v) is 5.28. The standard InChI is InChI=1S/C23H28FN3O3/c1-16-13-27(17(2)12-26(16)14-19-8-10-20(24)11-9-19)23(29)15-30-22-7-5-4-6-21(22)25-18(3)28/h4-11,16-17H,12-15H2,1-3H3,(H,25,28). The van der Waals surface area contributed by atoms with E-state index in [1.54, 1.807) is 36.4 Å². The summed E-state index contributed by atoms with van der Waals surface area (Å²) >= 11 is 0. The fourth-order valence-electron chi connectivity index (χ4n) is 3.70. The van der Waals surface area contributed by atoms with Crippen molar-refractivity contribution in [2.75, 3.05) is 25.0 Å². The number of halogens is 1. The number of hydrogen-bond acceptors (Lipinski definition) is 4. The highest BCUT2D eigenvalue weighted by molar-refractivity contribution is 5.90. The fourth-order valence-corrected chi connectivity index (χ4v) is 3.70. The van der Waals surface area contributed by atoms with Crippen molar-refractivity contribution in [2.45, 2.75) is 39.4 Å². The lowest BCUT2D eigenvalue weighted by molar-refractivity contribution is -0.139. The van der Waals surface area contributed by atoms with Gasteiger partial charge in [0.2, 0.25) is 5.91 Å². The number of hydrogen-bond donors (Lipinski definition) is 1. The summed E-state index contributed by atoms with van der Waals surface area (Å²) in [6.45, 7) is 7.48. The lowest BCUT2D eigenvalue weighted by Crippen LogP contribution is -2.58. The average molecular weight is 413 g/mol. The molecule has 0 aliphatic carbocycles. The van der Waals surface area contributed by atoms with E-state index in [0.717, 1.165) is 12.1 Å². The highest BCUT2D eigenvalue weighted by atomic mass is 19.1. The van der Waals surface area contributed by atoms with Crippen molar-refractivity contribution in [3.05, 3.63) is 59.9 Å². The van der Waals surface area contributed by atoms with Gasteiger partial charge in [0.1, 0.15) is 11.6 Å². The molecule has 2 aromatic carbocycles. The number of anilines is 1. The summed E-state index contributed by atoms with van der Waals surface area (Å²) in [4.78, 5) is 28.3. The normalized spacial score (nSPS) is 19.4.